The van der Waals surface area contributed by atoms with Crippen molar-refractivity contribution < 1.29 is 83.9 Å². The minimum absolute atomic E-state index is 0.00940. The Morgan fingerprint density at radius 2 is 0.698 bits per heavy atom. The van der Waals surface area contributed by atoms with Gasteiger partial charge < -0.3 is 83.9 Å². The third-order valence-corrected chi connectivity index (χ3v) is 27.7. The van der Waals surface area contributed by atoms with Crippen LogP contribution in [0.2, 0.25) is 0 Å². The van der Waals surface area contributed by atoms with Crippen LogP contribution in [-0.2, 0) is 37.9 Å². The third kappa shape index (κ3) is 44.3. The van der Waals surface area contributed by atoms with E-state index in [1.807, 2.05) is 6.92 Å². The lowest BCUT2D eigenvalue weighted by Gasteiger charge is -2.43. The molecule has 7 saturated carbocycles. The highest BCUT2D eigenvalue weighted by atomic mass is 16.7. The summed E-state index contributed by atoms with van der Waals surface area (Å²) >= 11 is 0. The van der Waals surface area contributed by atoms with E-state index >= 15 is 0 Å². The van der Waals surface area contributed by atoms with Crippen molar-refractivity contribution in [2.45, 2.75) is 428 Å². The van der Waals surface area contributed by atoms with Gasteiger partial charge in [0, 0.05) is 45.4 Å². The molecule has 8 fully saturated rings. The topological polar surface area (TPSA) is 256 Å². The SMILES string of the molecule is C=C(C)C1CCC(C)(C)CC1OCC(O)O.CC(C)C1CCC(C)(C)CC1OC1CCCO1.CC(C)C1CCC(C)(C)CC1OCC(C)(O)CO.CC(C)C1CCC(C)(C)CC1OCC(O)CO.CC(C)C1CCC(C)(C)CC1OCCCCO.CC(C)C1CCC(C)(C)CC1OCCCO.CC(C)C1CCC(C)(C)CC1OCCO. The summed E-state index contributed by atoms with van der Waals surface area (Å²) in [6.07, 6.45) is 30.2. The molecule has 1 aliphatic heterocycles. The van der Waals surface area contributed by atoms with Gasteiger partial charge in [0.15, 0.2) is 12.6 Å². The second-order valence-electron chi connectivity index (χ2n) is 45.4. The molecule has 17 nitrogen and oxygen atoms in total. The monoisotopic (exact) mass is 1660 g/mol. The molecule has 1 heterocycles. The van der Waals surface area contributed by atoms with Crippen LogP contribution >= 0.6 is 0 Å². The number of aliphatic hydroxyl groups excluding tert-OH is 7. The van der Waals surface area contributed by atoms with Gasteiger partial charge >= 0.3 is 0 Å². The number of ether oxygens (including phenoxy) is 8. The van der Waals surface area contributed by atoms with E-state index in [0.29, 0.717) is 135 Å². The van der Waals surface area contributed by atoms with E-state index < -0.39 is 18.0 Å². The molecule has 9 N–H and O–H groups in total. The number of hydrogen-bond acceptors (Lipinski definition) is 17. The number of rotatable bonds is 32. The maximum absolute atomic E-state index is 9.83. The van der Waals surface area contributed by atoms with Crippen LogP contribution in [0.3, 0.4) is 0 Å². The van der Waals surface area contributed by atoms with Gasteiger partial charge in [-0.2, -0.15) is 0 Å². The van der Waals surface area contributed by atoms with Gasteiger partial charge in [-0.15, -0.1) is 0 Å². The van der Waals surface area contributed by atoms with Crippen molar-refractivity contribution in [3.8, 4) is 0 Å². The van der Waals surface area contributed by atoms with Crippen LogP contribution in [0.1, 0.15) is 361 Å². The lowest BCUT2D eigenvalue weighted by molar-refractivity contribution is -0.180. The average molecular weight is 1660 g/mol. The Morgan fingerprint density at radius 1 is 0.388 bits per heavy atom. The van der Waals surface area contributed by atoms with Crippen molar-refractivity contribution in [3.05, 3.63) is 12.2 Å². The lowest BCUT2D eigenvalue weighted by Crippen LogP contribution is -2.43. The Hall–Kier alpha value is -0.940. The second-order valence-corrected chi connectivity index (χ2v) is 45.4. The lowest BCUT2D eigenvalue weighted by atomic mass is 9.68. The zero-order valence-corrected chi connectivity index (χ0v) is 80.6. The summed E-state index contributed by atoms with van der Waals surface area (Å²) < 4.78 is 47.1. The molecule has 0 spiro atoms. The van der Waals surface area contributed by atoms with Crippen molar-refractivity contribution in [1.82, 2.24) is 0 Å². The Kier molecular flexibility index (Phi) is 51.3. The van der Waals surface area contributed by atoms with Crippen LogP contribution in [0.5, 0.6) is 0 Å². The predicted molar refractivity (Wildman–Crippen MR) is 478 cm³/mol. The molecule has 8 rings (SSSR count). The molecular weight excluding hydrogens is 1460 g/mol. The van der Waals surface area contributed by atoms with Gasteiger partial charge in [0.2, 0.25) is 0 Å². The van der Waals surface area contributed by atoms with Gasteiger partial charge in [0.1, 0.15) is 11.7 Å². The predicted octanol–water partition coefficient (Wildman–Crippen LogP) is 20.6. The summed E-state index contributed by atoms with van der Waals surface area (Å²) in [5.74, 6) is 8.34. The minimum atomic E-state index is -1.38. The molecule has 7 aliphatic carbocycles. The molecule has 0 amide bonds. The summed E-state index contributed by atoms with van der Waals surface area (Å²) in [5.41, 5.74) is 2.65. The number of aliphatic hydroxyl groups is 9. The van der Waals surface area contributed by atoms with Crippen LogP contribution < -0.4 is 0 Å². The van der Waals surface area contributed by atoms with Crippen LogP contribution in [-0.4, -0.2) is 192 Å². The highest BCUT2D eigenvalue weighted by Crippen LogP contribution is 2.49. The van der Waals surface area contributed by atoms with Crippen LogP contribution in [0, 0.1) is 115 Å². The first-order chi connectivity index (χ1) is 53.7. The first kappa shape index (κ1) is 111. The summed E-state index contributed by atoms with van der Waals surface area (Å²) in [6.45, 7) is 70.9. The smallest absolute Gasteiger partial charge is 0.175 e. The van der Waals surface area contributed by atoms with Gasteiger partial charge in [-0.25, -0.2) is 0 Å². The van der Waals surface area contributed by atoms with Crippen LogP contribution in [0.4, 0.5) is 0 Å². The summed E-state index contributed by atoms with van der Waals surface area (Å²) in [7, 11) is 0. The zero-order chi connectivity index (χ0) is 88.4. The van der Waals surface area contributed by atoms with Crippen molar-refractivity contribution in [3.63, 3.8) is 0 Å². The van der Waals surface area contributed by atoms with E-state index in [1.165, 1.54) is 103 Å². The summed E-state index contributed by atoms with van der Waals surface area (Å²) in [5, 5.41) is 81.2. The van der Waals surface area contributed by atoms with Gasteiger partial charge in [-0.05, 0) is 283 Å². The summed E-state index contributed by atoms with van der Waals surface area (Å²) in [4.78, 5) is 0. The first-order valence-electron chi connectivity index (χ1n) is 47.1. The molecule has 17 heteroatoms. The molecule has 0 aromatic rings. The van der Waals surface area contributed by atoms with E-state index in [2.05, 4.69) is 187 Å². The first-order valence-corrected chi connectivity index (χ1v) is 47.1. The van der Waals surface area contributed by atoms with E-state index in [-0.39, 0.29) is 82.9 Å². The Balaban J connectivity index is 0.000000459. The molecule has 17 unspecified atom stereocenters. The Labute approximate surface area is 714 Å². The van der Waals surface area contributed by atoms with Crippen LogP contribution in [0.25, 0.3) is 0 Å². The maximum Gasteiger partial charge on any atom is 0.175 e. The van der Waals surface area contributed by atoms with Gasteiger partial charge in [0.05, 0.1) is 89.0 Å². The van der Waals surface area contributed by atoms with Crippen molar-refractivity contribution in [2.75, 3.05) is 79.3 Å². The van der Waals surface area contributed by atoms with E-state index in [4.69, 9.17) is 73.6 Å². The Morgan fingerprint density at radius 3 is 1.01 bits per heavy atom. The molecule has 116 heavy (non-hydrogen) atoms. The highest BCUT2D eigenvalue weighted by molar-refractivity contribution is 5.04. The van der Waals surface area contributed by atoms with E-state index in [0.717, 1.165) is 94.8 Å². The molecule has 0 radical (unpaired) electrons. The quantitative estimate of drug-likeness (QED) is 0.0172. The molecule has 0 aromatic heterocycles. The van der Waals surface area contributed by atoms with Crippen molar-refractivity contribution in [1.29, 1.82) is 0 Å². The number of hydrogen-bond donors (Lipinski definition) is 9. The van der Waals surface area contributed by atoms with Crippen LogP contribution in [0.15, 0.2) is 12.2 Å². The zero-order valence-electron chi connectivity index (χ0n) is 80.6. The van der Waals surface area contributed by atoms with E-state index in [9.17, 15) is 10.2 Å². The summed E-state index contributed by atoms with van der Waals surface area (Å²) in [6, 6.07) is 0. The molecule has 0 bridgehead atoms. The van der Waals surface area contributed by atoms with E-state index in [1.54, 1.807) is 6.92 Å². The fourth-order valence-electron chi connectivity index (χ4n) is 19.8. The average Bonchev–Trinajstić information content (AvgIpc) is 1.07. The second kappa shape index (κ2) is 53.5. The molecule has 0 aromatic carbocycles. The third-order valence-electron chi connectivity index (χ3n) is 27.7. The normalized spacial score (nSPS) is 31.2. The Bertz CT molecular complexity index is 2520. The minimum Gasteiger partial charge on any atom is -0.396 e. The largest absolute Gasteiger partial charge is 0.396 e. The molecular formula is C99H194O17. The van der Waals surface area contributed by atoms with Crippen molar-refractivity contribution >= 4 is 0 Å². The molecule has 8 aliphatic rings. The van der Waals surface area contributed by atoms with Gasteiger partial charge in [-0.3, -0.25) is 0 Å². The fourth-order valence-corrected chi connectivity index (χ4v) is 19.8. The standard InChI is InChI=1S/C15H30O3.C15H28O2.C15H30O2.C14H28O3.C14H28O2.C13H24O3.C13H26O2/c1-11(2)12-6-7-14(3,4)8-13(12)18-10-15(5,17)9-16;1-11(2)12-7-8-15(3,4)10-13(12)17-14-6-5-9-16-14;1-12(2)13-7-8-15(3,4)11-14(13)17-10-6-5-9-16;1-10(2)12-5-6-14(3,4)7-13(12)17-9-11(16)8-15;1-11(2)12-6-7-14(3,4)10-13(12)16-9-5-8-15;1-9(2)10-5-6-13(3,4)7-11(10)16-8-12(14)15;1-10(2)11-5-6-13(3,4)9-12(11)15-8-7-14/h11-13,16-17H,6-10H2,1-5H3;11-14H,5-10H2,1-4H3;12-14,16H,5-11H2,1-4H3;10-13,15-16H,5-9H2,1-4H3;11-13,15H,5-10H2,1-4H3;10-12,14-15H,1,5-8H2,2-4H3;10-12,14H,5-9H2,1-4H3. The molecule has 692 valence electrons. The number of unbranched alkanes of at least 4 members (excludes halogenated alkanes) is 1. The maximum atomic E-state index is 9.83. The molecule has 1 saturated heterocycles. The van der Waals surface area contributed by atoms with Gasteiger partial charge in [0.25, 0.3) is 0 Å². The fraction of sp³-hybridized carbons (Fsp3) is 0.980. The van der Waals surface area contributed by atoms with Gasteiger partial charge in [-0.1, -0.05) is 192 Å². The van der Waals surface area contributed by atoms with Crippen molar-refractivity contribution in [2.24, 2.45) is 115 Å². The highest BCUT2D eigenvalue weighted by Gasteiger charge is 2.44. The molecule has 17 atom stereocenters.